The van der Waals surface area contributed by atoms with Crippen LogP contribution in [0.25, 0.3) is 0 Å². The summed E-state index contributed by atoms with van der Waals surface area (Å²) in [7, 11) is 1.87. The Morgan fingerprint density at radius 3 is 2.54 bits per heavy atom. The fourth-order valence-corrected chi connectivity index (χ4v) is 3.06. The van der Waals surface area contributed by atoms with E-state index >= 15 is 0 Å². The van der Waals surface area contributed by atoms with Gasteiger partial charge in [0.05, 0.1) is 0 Å². The molecule has 1 aliphatic heterocycles. The van der Waals surface area contributed by atoms with E-state index in [0.29, 0.717) is 5.92 Å². The third kappa shape index (κ3) is 4.97. The number of hydrogen-bond acceptors (Lipinski definition) is 3. The highest BCUT2D eigenvalue weighted by molar-refractivity contribution is 5.80. The molecule has 1 saturated heterocycles. The van der Waals surface area contributed by atoms with Crippen molar-refractivity contribution >= 4 is 5.91 Å². The molecule has 0 saturated carbocycles. The predicted octanol–water partition coefficient (Wildman–Crippen LogP) is 3.44. The van der Waals surface area contributed by atoms with Gasteiger partial charge in [-0.1, -0.05) is 26.0 Å². The molecule has 2 rings (SSSR count). The van der Waals surface area contributed by atoms with Crippen LogP contribution in [0.5, 0.6) is 5.75 Å². The fourth-order valence-electron chi connectivity index (χ4n) is 3.06. The molecule has 1 fully saturated rings. The molecule has 0 spiro atoms. The number of carbonyl (C=O) groups excluding carboxylic acids is 1. The Labute approximate surface area is 146 Å². The second kappa shape index (κ2) is 8.52. The van der Waals surface area contributed by atoms with Gasteiger partial charge in [-0.15, -0.1) is 0 Å². The standard InChI is InChI=1S/C20H32N2O2/c1-15(2)18-9-8-16(3)19(14-18)24-17(4)20(23)21(5)12-13-22-10-6-7-11-22/h8-9,14-15,17H,6-7,10-13H2,1-5H3. The summed E-state index contributed by atoms with van der Waals surface area (Å²) in [5.41, 5.74) is 2.30. The fraction of sp³-hybridized carbons (Fsp3) is 0.650. The Bertz CT molecular complexity index is 551. The van der Waals surface area contributed by atoms with Crippen molar-refractivity contribution in [1.82, 2.24) is 9.80 Å². The molecule has 0 bridgehead atoms. The van der Waals surface area contributed by atoms with Gasteiger partial charge in [0, 0.05) is 20.1 Å². The Kier molecular flexibility index (Phi) is 6.67. The smallest absolute Gasteiger partial charge is 0.263 e. The topological polar surface area (TPSA) is 32.8 Å². The van der Waals surface area contributed by atoms with Gasteiger partial charge in [-0.2, -0.15) is 0 Å². The average molecular weight is 332 g/mol. The number of aryl methyl sites for hydroxylation is 1. The molecule has 1 atom stereocenters. The molecule has 24 heavy (non-hydrogen) atoms. The van der Waals surface area contributed by atoms with Crippen LogP contribution in [0.3, 0.4) is 0 Å². The third-order valence-electron chi connectivity index (χ3n) is 4.86. The number of ether oxygens (including phenoxy) is 1. The summed E-state index contributed by atoms with van der Waals surface area (Å²) in [5.74, 6) is 1.31. The third-order valence-corrected chi connectivity index (χ3v) is 4.86. The maximum atomic E-state index is 12.6. The molecule has 4 nitrogen and oxygen atoms in total. The van der Waals surface area contributed by atoms with Crippen molar-refractivity contribution in [3.05, 3.63) is 29.3 Å². The van der Waals surface area contributed by atoms with Crippen LogP contribution in [0, 0.1) is 6.92 Å². The van der Waals surface area contributed by atoms with E-state index in [0.717, 1.165) is 37.5 Å². The normalized spacial score (nSPS) is 16.4. The number of likely N-dealkylation sites (N-methyl/N-ethyl adjacent to an activating group) is 1. The van der Waals surface area contributed by atoms with Gasteiger partial charge in [0.25, 0.3) is 5.91 Å². The van der Waals surface area contributed by atoms with Crippen molar-refractivity contribution in [2.24, 2.45) is 0 Å². The largest absolute Gasteiger partial charge is 0.481 e. The van der Waals surface area contributed by atoms with E-state index < -0.39 is 6.10 Å². The molecule has 0 aliphatic carbocycles. The molecular formula is C20H32N2O2. The highest BCUT2D eigenvalue weighted by Crippen LogP contribution is 2.25. The minimum absolute atomic E-state index is 0.0450. The molecule has 1 heterocycles. The Morgan fingerprint density at radius 2 is 1.92 bits per heavy atom. The lowest BCUT2D eigenvalue weighted by Crippen LogP contribution is -2.41. The van der Waals surface area contributed by atoms with Gasteiger partial charge in [0.15, 0.2) is 6.10 Å². The van der Waals surface area contributed by atoms with Crippen LogP contribution in [-0.4, -0.2) is 55.0 Å². The van der Waals surface area contributed by atoms with Gasteiger partial charge >= 0.3 is 0 Å². The molecule has 1 aliphatic rings. The molecule has 0 N–H and O–H groups in total. The minimum atomic E-state index is -0.463. The van der Waals surface area contributed by atoms with Gasteiger partial charge in [-0.25, -0.2) is 0 Å². The Hall–Kier alpha value is -1.55. The molecule has 1 amide bonds. The lowest BCUT2D eigenvalue weighted by molar-refractivity contribution is -0.136. The van der Waals surface area contributed by atoms with E-state index in [1.165, 1.54) is 18.4 Å². The maximum absolute atomic E-state index is 12.6. The van der Waals surface area contributed by atoms with E-state index in [4.69, 9.17) is 4.74 Å². The van der Waals surface area contributed by atoms with Gasteiger partial charge in [0.1, 0.15) is 5.75 Å². The van der Waals surface area contributed by atoms with Gasteiger partial charge in [-0.3, -0.25) is 4.79 Å². The first kappa shape index (κ1) is 18.8. The number of rotatable bonds is 7. The van der Waals surface area contributed by atoms with E-state index in [1.807, 2.05) is 20.9 Å². The summed E-state index contributed by atoms with van der Waals surface area (Å²) in [5, 5.41) is 0. The second-order valence-electron chi connectivity index (χ2n) is 7.25. The van der Waals surface area contributed by atoms with Gasteiger partial charge in [-0.05, 0) is 62.9 Å². The van der Waals surface area contributed by atoms with Crippen molar-refractivity contribution in [1.29, 1.82) is 0 Å². The zero-order valence-corrected chi connectivity index (χ0v) is 15.8. The van der Waals surface area contributed by atoms with E-state index in [1.54, 1.807) is 4.90 Å². The van der Waals surface area contributed by atoms with Crippen LogP contribution < -0.4 is 4.74 Å². The van der Waals surface area contributed by atoms with Crippen LogP contribution in [-0.2, 0) is 4.79 Å². The molecule has 0 aromatic heterocycles. The number of carbonyl (C=O) groups is 1. The first-order chi connectivity index (χ1) is 11.4. The van der Waals surface area contributed by atoms with Crippen LogP contribution in [0.4, 0.5) is 0 Å². The van der Waals surface area contributed by atoms with Crippen LogP contribution >= 0.6 is 0 Å². The molecule has 4 heteroatoms. The van der Waals surface area contributed by atoms with Crippen LogP contribution in [0.1, 0.15) is 50.7 Å². The molecular weight excluding hydrogens is 300 g/mol. The Balaban J connectivity index is 1.91. The highest BCUT2D eigenvalue weighted by Gasteiger charge is 2.21. The number of nitrogens with zero attached hydrogens (tertiary/aromatic N) is 2. The predicted molar refractivity (Wildman–Crippen MR) is 98.7 cm³/mol. The lowest BCUT2D eigenvalue weighted by Gasteiger charge is -2.25. The van der Waals surface area contributed by atoms with Crippen molar-refractivity contribution in [3.8, 4) is 5.75 Å². The first-order valence-corrected chi connectivity index (χ1v) is 9.13. The summed E-state index contributed by atoms with van der Waals surface area (Å²) in [6.07, 6.45) is 2.10. The molecule has 0 radical (unpaired) electrons. The first-order valence-electron chi connectivity index (χ1n) is 9.13. The van der Waals surface area contributed by atoms with E-state index in [-0.39, 0.29) is 5.91 Å². The maximum Gasteiger partial charge on any atom is 0.263 e. The number of amides is 1. The number of hydrogen-bond donors (Lipinski definition) is 0. The Morgan fingerprint density at radius 1 is 1.25 bits per heavy atom. The van der Waals surface area contributed by atoms with Crippen molar-refractivity contribution in [2.75, 3.05) is 33.2 Å². The summed E-state index contributed by atoms with van der Waals surface area (Å²) in [6.45, 7) is 12.2. The SMILES string of the molecule is Cc1ccc(C(C)C)cc1OC(C)C(=O)N(C)CCN1CCCC1. The quantitative estimate of drug-likeness (QED) is 0.767. The van der Waals surface area contributed by atoms with Crippen molar-refractivity contribution in [2.45, 2.75) is 52.6 Å². The summed E-state index contributed by atoms with van der Waals surface area (Å²) in [4.78, 5) is 16.8. The van der Waals surface area contributed by atoms with E-state index in [9.17, 15) is 4.79 Å². The molecule has 134 valence electrons. The molecule has 1 aromatic rings. The zero-order valence-electron chi connectivity index (χ0n) is 15.8. The minimum Gasteiger partial charge on any atom is -0.481 e. The summed E-state index contributed by atoms with van der Waals surface area (Å²) in [6, 6.07) is 6.26. The van der Waals surface area contributed by atoms with Crippen LogP contribution in [0.15, 0.2) is 18.2 Å². The van der Waals surface area contributed by atoms with E-state index in [2.05, 4.69) is 36.9 Å². The summed E-state index contributed by atoms with van der Waals surface area (Å²) >= 11 is 0. The summed E-state index contributed by atoms with van der Waals surface area (Å²) < 4.78 is 5.99. The van der Waals surface area contributed by atoms with Gasteiger partial charge < -0.3 is 14.5 Å². The van der Waals surface area contributed by atoms with Crippen molar-refractivity contribution < 1.29 is 9.53 Å². The number of benzene rings is 1. The zero-order chi connectivity index (χ0) is 17.7. The van der Waals surface area contributed by atoms with Crippen LogP contribution in [0.2, 0.25) is 0 Å². The molecule has 1 aromatic carbocycles. The van der Waals surface area contributed by atoms with Gasteiger partial charge in [0.2, 0.25) is 0 Å². The van der Waals surface area contributed by atoms with Crippen molar-refractivity contribution in [3.63, 3.8) is 0 Å². The average Bonchev–Trinajstić information content (AvgIpc) is 3.07. The second-order valence-corrected chi connectivity index (χ2v) is 7.25. The number of likely N-dealkylation sites (tertiary alicyclic amines) is 1. The lowest BCUT2D eigenvalue weighted by atomic mass is 10.0. The highest BCUT2D eigenvalue weighted by atomic mass is 16.5. The monoisotopic (exact) mass is 332 g/mol. The molecule has 1 unspecified atom stereocenters.